The van der Waals surface area contributed by atoms with Gasteiger partial charge in [0.05, 0.1) is 0 Å². The third-order valence-corrected chi connectivity index (χ3v) is 7.00. The van der Waals surface area contributed by atoms with Crippen molar-refractivity contribution in [1.29, 1.82) is 0 Å². The van der Waals surface area contributed by atoms with Crippen LogP contribution in [0.5, 0.6) is 0 Å². The molecular formula is C24H34N4O3. The first-order valence-electron chi connectivity index (χ1n) is 11.4. The van der Waals surface area contributed by atoms with Gasteiger partial charge < -0.3 is 15.5 Å². The summed E-state index contributed by atoms with van der Waals surface area (Å²) >= 11 is 0. The van der Waals surface area contributed by atoms with Crippen LogP contribution in [0, 0.1) is 6.92 Å². The molecular weight excluding hydrogens is 392 g/mol. The van der Waals surface area contributed by atoms with Crippen LogP contribution >= 0.6 is 0 Å². The van der Waals surface area contributed by atoms with E-state index < -0.39 is 11.6 Å². The maximum Gasteiger partial charge on any atom is 0.325 e. The summed E-state index contributed by atoms with van der Waals surface area (Å²) < 4.78 is 0. The number of urea groups is 1. The fraction of sp³-hybridized carbons (Fsp3) is 0.625. The van der Waals surface area contributed by atoms with E-state index in [9.17, 15) is 14.4 Å². The predicted molar refractivity (Wildman–Crippen MR) is 119 cm³/mol. The van der Waals surface area contributed by atoms with E-state index in [1.807, 2.05) is 0 Å². The van der Waals surface area contributed by atoms with E-state index >= 15 is 0 Å². The Morgan fingerprint density at radius 3 is 2.32 bits per heavy atom. The molecule has 4 rings (SSSR count). The molecule has 1 aromatic carbocycles. The lowest BCUT2D eigenvalue weighted by Gasteiger charge is -2.35. The quantitative estimate of drug-likeness (QED) is 0.656. The van der Waals surface area contributed by atoms with E-state index in [0.717, 1.165) is 37.4 Å². The van der Waals surface area contributed by atoms with Crippen molar-refractivity contribution in [1.82, 2.24) is 20.4 Å². The predicted octanol–water partition coefficient (Wildman–Crippen LogP) is 2.33. The molecule has 0 spiro atoms. The summed E-state index contributed by atoms with van der Waals surface area (Å²) in [4.78, 5) is 40.2. The summed E-state index contributed by atoms with van der Waals surface area (Å²) in [6.07, 6.45) is 4.53. The van der Waals surface area contributed by atoms with Gasteiger partial charge in [-0.1, -0.05) is 29.8 Å². The standard InChI is InChI=1S/C24H34N4O3/c1-17-4-6-18(7-5-17)24(11-12-24)16-27-13-8-19(9-14-27)25-20(29)10-15-28-21(30)23(2,3)26-22(28)31/h4-7,19H,8-16H2,1-3H3,(H,25,29)(H,26,31). The second-order valence-corrected chi connectivity index (χ2v) is 10.0. The number of piperidine rings is 1. The number of benzene rings is 1. The van der Waals surface area contributed by atoms with E-state index in [4.69, 9.17) is 0 Å². The van der Waals surface area contributed by atoms with Crippen molar-refractivity contribution < 1.29 is 14.4 Å². The molecule has 3 fully saturated rings. The van der Waals surface area contributed by atoms with E-state index in [-0.39, 0.29) is 30.8 Å². The Balaban J connectivity index is 1.20. The highest BCUT2D eigenvalue weighted by molar-refractivity contribution is 6.06. The molecule has 0 radical (unpaired) electrons. The van der Waals surface area contributed by atoms with Crippen molar-refractivity contribution in [2.75, 3.05) is 26.2 Å². The molecule has 1 saturated carbocycles. The minimum Gasteiger partial charge on any atom is -0.353 e. The van der Waals surface area contributed by atoms with Gasteiger partial charge in [-0.05, 0) is 52.0 Å². The first-order chi connectivity index (χ1) is 14.7. The van der Waals surface area contributed by atoms with Crippen LogP contribution in [-0.2, 0) is 15.0 Å². The molecule has 2 N–H and O–H groups in total. The number of nitrogens with one attached hydrogen (secondary N) is 2. The van der Waals surface area contributed by atoms with Crippen LogP contribution in [0.2, 0.25) is 0 Å². The van der Waals surface area contributed by atoms with Crippen molar-refractivity contribution in [3.63, 3.8) is 0 Å². The number of hydrogen-bond acceptors (Lipinski definition) is 4. The minimum absolute atomic E-state index is 0.0953. The summed E-state index contributed by atoms with van der Waals surface area (Å²) in [7, 11) is 0. The van der Waals surface area contributed by atoms with E-state index in [0.29, 0.717) is 5.41 Å². The summed E-state index contributed by atoms with van der Waals surface area (Å²) in [5.41, 5.74) is 2.19. The molecule has 3 aliphatic rings. The number of amides is 4. The van der Waals surface area contributed by atoms with E-state index in [1.54, 1.807) is 13.8 Å². The van der Waals surface area contributed by atoms with Crippen LogP contribution in [0.15, 0.2) is 24.3 Å². The van der Waals surface area contributed by atoms with Crippen LogP contribution < -0.4 is 10.6 Å². The van der Waals surface area contributed by atoms with Gasteiger partial charge in [-0.3, -0.25) is 14.5 Å². The highest BCUT2D eigenvalue weighted by atomic mass is 16.2. The second-order valence-electron chi connectivity index (χ2n) is 10.0. The number of aryl methyl sites for hydroxylation is 1. The molecule has 1 aliphatic carbocycles. The number of likely N-dealkylation sites (tertiary alicyclic amines) is 1. The minimum atomic E-state index is -0.891. The van der Waals surface area contributed by atoms with Crippen molar-refractivity contribution >= 4 is 17.8 Å². The summed E-state index contributed by atoms with van der Waals surface area (Å²) in [5, 5.41) is 5.74. The molecule has 1 aromatic rings. The molecule has 4 amide bonds. The molecule has 168 valence electrons. The maximum absolute atomic E-state index is 12.4. The zero-order valence-electron chi connectivity index (χ0n) is 18.9. The Hall–Kier alpha value is -2.41. The van der Waals surface area contributed by atoms with Gasteiger partial charge in [0.1, 0.15) is 5.54 Å². The number of hydrogen-bond donors (Lipinski definition) is 2. The molecule has 2 saturated heterocycles. The Bertz CT molecular complexity index is 852. The SMILES string of the molecule is Cc1ccc(C2(CN3CCC(NC(=O)CCN4C(=O)NC(C)(C)C4=O)CC3)CC2)cc1. The highest BCUT2D eigenvalue weighted by Crippen LogP contribution is 2.49. The third kappa shape index (κ3) is 4.76. The molecule has 2 heterocycles. The second kappa shape index (κ2) is 8.26. The van der Waals surface area contributed by atoms with Crippen LogP contribution in [-0.4, -0.2) is 65.4 Å². The van der Waals surface area contributed by atoms with Crippen LogP contribution in [0.1, 0.15) is 57.1 Å². The van der Waals surface area contributed by atoms with E-state index in [1.165, 1.54) is 24.0 Å². The lowest BCUT2D eigenvalue weighted by Crippen LogP contribution is -2.47. The fourth-order valence-corrected chi connectivity index (χ4v) is 4.79. The van der Waals surface area contributed by atoms with Crippen molar-refractivity contribution in [2.45, 2.75) is 69.9 Å². The van der Waals surface area contributed by atoms with Gasteiger partial charge >= 0.3 is 6.03 Å². The zero-order chi connectivity index (χ0) is 22.2. The summed E-state index contributed by atoms with van der Waals surface area (Å²) in [5.74, 6) is -0.372. The average molecular weight is 427 g/mol. The topological polar surface area (TPSA) is 81.8 Å². The first-order valence-corrected chi connectivity index (χ1v) is 11.4. The smallest absolute Gasteiger partial charge is 0.325 e. The number of carbonyl (C=O) groups is 3. The van der Waals surface area contributed by atoms with Crippen molar-refractivity contribution in [3.8, 4) is 0 Å². The Labute approximate surface area is 184 Å². The number of carbonyl (C=O) groups excluding carboxylic acids is 3. The normalized spacial score (nSPS) is 23.0. The zero-order valence-corrected chi connectivity index (χ0v) is 18.9. The molecule has 31 heavy (non-hydrogen) atoms. The molecule has 0 aromatic heterocycles. The number of rotatable bonds is 7. The van der Waals surface area contributed by atoms with Crippen molar-refractivity contribution in [3.05, 3.63) is 35.4 Å². The van der Waals surface area contributed by atoms with Gasteiger partial charge in [-0.25, -0.2) is 4.79 Å². The summed E-state index contributed by atoms with van der Waals surface area (Å²) in [6, 6.07) is 8.72. The lowest BCUT2D eigenvalue weighted by molar-refractivity contribution is -0.130. The maximum atomic E-state index is 12.4. The van der Waals surface area contributed by atoms with Crippen LogP contribution in [0.25, 0.3) is 0 Å². The van der Waals surface area contributed by atoms with E-state index in [2.05, 4.69) is 46.7 Å². The van der Waals surface area contributed by atoms with Crippen LogP contribution in [0.3, 0.4) is 0 Å². The Morgan fingerprint density at radius 2 is 1.77 bits per heavy atom. The molecule has 0 atom stereocenters. The Morgan fingerprint density at radius 1 is 1.13 bits per heavy atom. The average Bonchev–Trinajstić information content (AvgIpc) is 3.46. The number of imide groups is 1. The van der Waals surface area contributed by atoms with Gasteiger partial charge in [-0.15, -0.1) is 0 Å². The molecule has 7 heteroatoms. The van der Waals surface area contributed by atoms with Gasteiger partial charge in [0.25, 0.3) is 5.91 Å². The van der Waals surface area contributed by atoms with Crippen LogP contribution in [0.4, 0.5) is 4.79 Å². The van der Waals surface area contributed by atoms with Gasteiger partial charge in [0, 0.05) is 44.1 Å². The highest BCUT2D eigenvalue weighted by Gasteiger charge is 2.46. The van der Waals surface area contributed by atoms with Gasteiger partial charge in [0.2, 0.25) is 5.91 Å². The van der Waals surface area contributed by atoms with Gasteiger partial charge in [0.15, 0.2) is 0 Å². The lowest BCUT2D eigenvalue weighted by atomic mass is 9.93. The monoisotopic (exact) mass is 426 g/mol. The largest absolute Gasteiger partial charge is 0.353 e. The first kappa shape index (κ1) is 21.8. The van der Waals surface area contributed by atoms with Gasteiger partial charge in [-0.2, -0.15) is 0 Å². The molecule has 0 bridgehead atoms. The fourth-order valence-electron chi connectivity index (χ4n) is 4.79. The third-order valence-electron chi connectivity index (χ3n) is 7.00. The summed E-state index contributed by atoms with van der Waals surface area (Å²) in [6.45, 7) is 8.66. The molecule has 2 aliphatic heterocycles. The molecule has 7 nitrogen and oxygen atoms in total. The van der Waals surface area contributed by atoms with Crippen molar-refractivity contribution in [2.24, 2.45) is 0 Å². The molecule has 0 unspecified atom stereocenters. The Kier molecular flexibility index (Phi) is 5.81. The number of nitrogens with zero attached hydrogens (tertiary/aromatic N) is 2.